The number of hydrogen-bond acceptors (Lipinski definition) is 6. The summed E-state index contributed by atoms with van der Waals surface area (Å²) in [7, 11) is 0. The molecule has 0 aromatic carbocycles. The minimum Gasteiger partial charge on any atom is -0.460 e. The van der Waals surface area contributed by atoms with Crippen LogP contribution in [0.4, 0.5) is 0 Å². The lowest BCUT2D eigenvalue weighted by Crippen LogP contribution is -2.11. The standard InChI is InChI=1S/C16H16N4O3/c1-2-22-8-9-23-16(21)13-11-19-20-14(5-7-18-15(13)20)12-4-3-6-17-10-12/h3-7,10-11H,2,8-9H2,1H3. The number of rotatable bonds is 6. The highest BCUT2D eigenvalue weighted by Crippen LogP contribution is 2.20. The van der Waals surface area contributed by atoms with Crippen LogP contribution in [-0.2, 0) is 9.47 Å². The van der Waals surface area contributed by atoms with Gasteiger partial charge in [-0.25, -0.2) is 14.3 Å². The van der Waals surface area contributed by atoms with Gasteiger partial charge in [0.15, 0.2) is 5.65 Å². The summed E-state index contributed by atoms with van der Waals surface area (Å²) in [4.78, 5) is 20.5. The molecule has 7 heteroatoms. The van der Waals surface area contributed by atoms with Crippen molar-refractivity contribution in [2.75, 3.05) is 19.8 Å². The van der Waals surface area contributed by atoms with Crippen LogP contribution in [0.15, 0.2) is 43.0 Å². The Morgan fingerprint density at radius 3 is 2.91 bits per heavy atom. The van der Waals surface area contributed by atoms with Crippen LogP contribution < -0.4 is 0 Å². The molecule has 0 atom stereocenters. The van der Waals surface area contributed by atoms with Crippen molar-refractivity contribution in [3.05, 3.63) is 48.5 Å². The van der Waals surface area contributed by atoms with E-state index in [9.17, 15) is 4.79 Å². The van der Waals surface area contributed by atoms with E-state index in [-0.39, 0.29) is 6.61 Å². The van der Waals surface area contributed by atoms with Gasteiger partial charge in [-0.3, -0.25) is 4.98 Å². The number of carbonyl (C=O) groups excluding carboxylic acids is 1. The second kappa shape index (κ2) is 6.97. The molecule has 0 unspecified atom stereocenters. The van der Waals surface area contributed by atoms with Crippen LogP contribution in [0.2, 0.25) is 0 Å². The minimum absolute atomic E-state index is 0.201. The first-order chi connectivity index (χ1) is 11.3. The minimum atomic E-state index is -0.462. The molecule has 3 aromatic rings. The van der Waals surface area contributed by atoms with Crippen LogP contribution in [0, 0.1) is 0 Å². The number of aromatic nitrogens is 4. The van der Waals surface area contributed by atoms with Gasteiger partial charge in [-0.05, 0) is 25.1 Å². The molecule has 0 aliphatic rings. The Morgan fingerprint density at radius 2 is 2.13 bits per heavy atom. The third-order valence-corrected chi connectivity index (χ3v) is 3.24. The van der Waals surface area contributed by atoms with Gasteiger partial charge >= 0.3 is 5.97 Å². The lowest BCUT2D eigenvalue weighted by Gasteiger charge is -2.05. The van der Waals surface area contributed by atoms with Gasteiger partial charge in [-0.15, -0.1) is 0 Å². The molecule has 118 valence electrons. The molecule has 3 heterocycles. The number of hydrogen-bond donors (Lipinski definition) is 0. The van der Waals surface area contributed by atoms with Crippen molar-refractivity contribution in [3.8, 4) is 11.3 Å². The van der Waals surface area contributed by atoms with E-state index in [4.69, 9.17) is 9.47 Å². The summed E-state index contributed by atoms with van der Waals surface area (Å²) >= 11 is 0. The van der Waals surface area contributed by atoms with Gasteiger partial charge in [0.2, 0.25) is 0 Å². The molecule has 0 saturated carbocycles. The summed E-state index contributed by atoms with van der Waals surface area (Å²) in [5.74, 6) is -0.462. The molecule has 3 aromatic heterocycles. The van der Waals surface area contributed by atoms with Crippen LogP contribution in [0.3, 0.4) is 0 Å². The number of fused-ring (bicyclic) bond motifs is 1. The Kier molecular flexibility index (Phi) is 4.58. The fourth-order valence-corrected chi connectivity index (χ4v) is 2.18. The predicted molar refractivity (Wildman–Crippen MR) is 83.0 cm³/mol. The number of nitrogens with zero attached hydrogens (tertiary/aromatic N) is 4. The molecule has 7 nitrogen and oxygen atoms in total. The molecule has 0 amide bonds. The largest absolute Gasteiger partial charge is 0.460 e. The lowest BCUT2D eigenvalue weighted by molar-refractivity contribution is 0.0337. The van der Waals surface area contributed by atoms with E-state index in [1.54, 1.807) is 23.1 Å². The molecule has 23 heavy (non-hydrogen) atoms. The third-order valence-electron chi connectivity index (χ3n) is 3.24. The second-order valence-corrected chi connectivity index (χ2v) is 4.70. The Bertz CT molecular complexity index is 801. The van der Waals surface area contributed by atoms with E-state index >= 15 is 0 Å². The highest BCUT2D eigenvalue weighted by Gasteiger charge is 2.17. The predicted octanol–water partition coefficient (Wildman–Crippen LogP) is 1.98. The topological polar surface area (TPSA) is 78.6 Å². The van der Waals surface area contributed by atoms with E-state index in [0.29, 0.717) is 24.4 Å². The molecular formula is C16H16N4O3. The maximum absolute atomic E-state index is 12.1. The van der Waals surface area contributed by atoms with E-state index in [2.05, 4.69) is 15.1 Å². The van der Waals surface area contributed by atoms with Gasteiger partial charge in [-0.2, -0.15) is 5.10 Å². The normalized spacial score (nSPS) is 10.8. The molecule has 0 N–H and O–H groups in total. The number of esters is 1. The van der Waals surface area contributed by atoms with Crippen molar-refractivity contribution in [3.63, 3.8) is 0 Å². The second-order valence-electron chi connectivity index (χ2n) is 4.70. The molecule has 0 spiro atoms. The van der Waals surface area contributed by atoms with E-state index < -0.39 is 5.97 Å². The molecular weight excluding hydrogens is 296 g/mol. The van der Waals surface area contributed by atoms with Crippen LogP contribution in [0.5, 0.6) is 0 Å². The van der Waals surface area contributed by atoms with Gasteiger partial charge in [-0.1, -0.05) is 0 Å². The van der Waals surface area contributed by atoms with Gasteiger partial charge < -0.3 is 9.47 Å². The van der Waals surface area contributed by atoms with Crippen LogP contribution in [0.25, 0.3) is 16.9 Å². The molecule has 0 aliphatic carbocycles. The number of ether oxygens (including phenoxy) is 2. The highest BCUT2D eigenvalue weighted by molar-refractivity contribution is 5.95. The van der Waals surface area contributed by atoms with Gasteiger partial charge in [0.05, 0.1) is 18.5 Å². The summed E-state index contributed by atoms with van der Waals surface area (Å²) in [6.45, 7) is 3.05. The maximum atomic E-state index is 12.1. The highest BCUT2D eigenvalue weighted by atomic mass is 16.6. The molecule has 3 rings (SSSR count). The fourth-order valence-electron chi connectivity index (χ4n) is 2.18. The van der Waals surface area contributed by atoms with E-state index in [0.717, 1.165) is 11.3 Å². The van der Waals surface area contributed by atoms with Gasteiger partial charge in [0.25, 0.3) is 0 Å². The fraction of sp³-hybridized carbons (Fsp3) is 0.250. The van der Waals surface area contributed by atoms with Crippen molar-refractivity contribution in [2.24, 2.45) is 0 Å². The number of carbonyl (C=O) groups is 1. The van der Waals surface area contributed by atoms with Crippen LogP contribution in [0.1, 0.15) is 17.3 Å². The summed E-state index contributed by atoms with van der Waals surface area (Å²) in [5.41, 5.74) is 2.47. The average Bonchev–Trinajstić information content (AvgIpc) is 3.03. The quantitative estimate of drug-likeness (QED) is 0.511. The Hall–Kier alpha value is -2.80. The van der Waals surface area contributed by atoms with Crippen molar-refractivity contribution in [1.29, 1.82) is 0 Å². The molecule has 0 bridgehead atoms. The van der Waals surface area contributed by atoms with Gasteiger partial charge in [0.1, 0.15) is 12.2 Å². The lowest BCUT2D eigenvalue weighted by atomic mass is 10.2. The first-order valence-electron chi connectivity index (χ1n) is 7.29. The summed E-state index contributed by atoms with van der Waals surface area (Å²) < 4.78 is 11.9. The molecule has 0 aliphatic heterocycles. The van der Waals surface area contributed by atoms with E-state index in [1.807, 2.05) is 25.1 Å². The molecule has 0 saturated heterocycles. The summed E-state index contributed by atoms with van der Waals surface area (Å²) in [6, 6.07) is 5.58. The smallest absolute Gasteiger partial charge is 0.343 e. The third kappa shape index (κ3) is 3.19. The van der Waals surface area contributed by atoms with Crippen molar-refractivity contribution >= 4 is 11.6 Å². The van der Waals surface area contributed by atoms with Crippen molar-refractivity contribution < 1.29 is 14.3 Å². The first-order valence-corrected chi connectivity index (χ1v) is 7.29. The average molecular weight is 312 g/mol. The zero-order valence-corrected chi connectivity index (χ0v) is 12.7. The van der Waals surface area contributed by atoms with Crippen LogP contribution >= 0.6 is 0 Å². The summed E-state index contributed by atoms with van der Waals surface area (Å²) in [5, 5.41) is 4.25. The SMILES string of the molecule is CCOCCOC(=O)c1cnn2c(-c3cccnc3)ccnc12. The van der Waals surface area contributed by atoms with E-state index in [1.165, 1.54) is 6.20 Å². The van der Waals surface area contributed by atoms with Crippen molar-refractivity contribution in [1.82, 2.24) is 19.6 Å². The number of pyridine rings is 1. The maximum Gasteiger partial charge on any atom is 0.343 e. The Balaban J connectivity index is 1.88. The monoisotopic (exact) mass is 312 g/mol. The Morgan fingerprint density at radius 1 is 1.22 bits per heavy atom. The summed E-state index contributed by atoms with van der Waals surface area (Å²) in [6.07, 6.45) is 6.53. The molecule has 0 radical (unpaired) electrons. The van der Waals surface area contributed by atoms with Crippen LogP contribution in [-0.4, -0.2) is 45.4 Å². The molecule has 0 fully saturated rings. The first kappa shape index (κ1) is 15.1. The zero-order chi connectivity index (χ0) is 16.1. The van der Waals surface area contributed by atoms with Gasteiger partial charge in [0, 0.05) is 30.8 Å². The Labute approximate surface area is 132 Å². The zero-order valence-electron chi connectivity index (χ0n) is 12.7. The van der Waals surface area contributed by atoms with Crippen molar-refractivity contribution in [2.45, 2.75) is 6.92 Å².